The molecule has 3 nitrogen and oxygen atoms in total. The Morgan fingerprint density at radius 3 is 1.51 bits per heavy atom. The Hall–Kier alpha value is -2.72. The van der Waals surface area contributed by atoms with E-state index in [1.807, 2.05) is 0 Å². The average Bonchev–Trinajstić information content (AvgIpc) is 3.05. The van der Waals surface area contributed by atoms with Crippen LogP contribution in [0.25, 0.3) is 0 Å². The quantitative estimate of drug-likeness (QED) is 0.117. The molecular weight excluding hydrogens is 573 g/mol. The summed E-state index contributed by atoms with van der Waals surface area (Å²) >= 11 is 0. The Morgan fingerprint density at radius 1 is 0.644 bits per heavy atom. The van der Waals surface area contributed by atoms with Gasteiger partial charge in [-0.25, -0.2) is 0 Å². The van der Waals surface area contributed by atoms with Crippen LogP contribution in [0.5, 0.6) is 5.75 Å². The highest BCUT2D eigenvalue weighted by atomic mass is 32.2. The van der Waals surface area contributed by atoms with E-state index in [-0.39, 0.29) is 10.9 Å². The first-order valence-electron chi connectivity index (χ1n) is 17.8. The highest BCUT2D eigenvalue weighted by Crippen LogP contribution is 2.59. The summed E-state index contributed by atoms with van der Waals surface area (Å²) in [4.78, 5) is 15.2. The standard InChI is InChI=1S/C30H39OS.C11H16O2/c1-2-3-4-5-6-7-8-9-10-17-26-31-27-22-24-30(25-23-27)32(28-18-13-11-14-19-28)29-20-15-12-16-21-29;12-10(13)11-4-7-1-8(5-11)3-9(2-7)6-11/h11-16,18-25H,2-10,17,26H2,1H3;7-9H,1-6H2,(H,12,13)/q+1;/p-1. The highest BCUT2D eigenvalue weighted by Gasteiger charge is 2.51. The summed E-state index contributed by atoms with van der Waals surface area (Å²) in [5, 5.41) is 11.1. The number of carboxylic acid groups (broad SMARTS) is 1. The number of benzene rings is 3. The molecule has 4 heteroatoms. The van der Waals surface area contributed by atoms with Crippen LogP contribution in [0.15, 0.2) is 99.6 Å². The molecule has 242 valence electrons. The van der Waals surface area contributed by atoms with Crippen LogP contribution in [0, 0.1) is 23.2 Å². The summed E-state index contributed by atoms with van der Waals surface area (Å²) in [5.41, 5.74) is -0.394. The molecular formula is C41H54O3S. The molecule has 0 radical (unpaired) electrons. The van der Waals surface area contributed by atoms with E-state index in [0.717, 1.165) is 38.0 Å². The van der Waals surface area contributed by atoms with Gasteiger partial charge in [0.1, 0.15) is 5.75 Å². The van der Waals surface area contributed by atoms with E-state index in [4.69, 9.17) is 4.74 Å². The van der Waals surface area contributed by atoms with Crippen LogP contribution >= 0.6 is 0 Å². The first kappa shape index (κ1) is 33.6. The Morgan fingerprint density at radius 2 is 1.07 bits per heavy atom. The zero-order valence-electron chi connectivity index (χ0n) is 27.5. The summed E-state index contributed by atoms with van der Waals surface area (Å²) in [7, 11) is -0.0938. The van der Waals surface area contributed by atoms with Gasteiger partial charge in [-0.1, -0.05) is 101 Å². The van der Waals surface area contributed by atoms with Gasteiger partial charge in [-0.3, -0.25) is 0 Å². The lowest BCUT2D eigenvalue weighted by atomic mass is 9.49. The van der Waals surface area contributed by atoms with Gasteiger partial charge in [0.25, 0.3) is 0 Å². The summed E-state index contributed by atoms with van der Waals surface area (Å²) in [5.74, 6) is 2.36. The lowest BCUT2D eigenvalue weighted by Gasteiger charge is -2.57. The van der Waals surface area contributed by atoms with Crippen LogP contribution in [0.2, 0.25) is 0 Å². The van der Waals surface area contributed by atoms with Gasteiger partial charge in [-0.05, 0) is 111 Å². The number of ether oxygens (including phenoxy) is 1. The molecule has 0 heterocycles. The monoisotopic (exact) mass is 626 g/mol. The highest BCUT2D eigenvalue weighted by molar-refractivity contribution is 7.97. The van der Waals surface area contributed by atoms with Gasteiger partial charge < -0.3 is 14.6 Å². The topological polar surface area (TPSA) is 49.4 Å². The SMILES string of the molecule is CCCCCCCCCCCCOc1ccc([S+](c2ccccc2)c2ccccc2)cc1.O=C([O-])C12CC3CC(CC(C3)C1)C2. The molecule has 0 aliphatic heterocycles. The third-order valence-electron chi connectivity index (χ3n) is 10.3. The minimum absolute atomic E-state index is 0.0938. The molecule has 0 unspecified atom stereocenters. The zero-order chi connectivity index (χ0) is 31.3. The van der Waals surface area contributed by atoms with E-state index >= 15 is 0 Å². The second-order valence-electron chi connectivity index (χ2n) is 13.9. The van der Waals surface area contributed by atoms with Crippen molar-refractivity contribution >= 4 is 16.9 Å². The number of unbranched alkanes of at least 4 members (excludes halogenated alkanes) is 9. The summed E-state index contributed by atoms with van der Waals surface area (Å²) in [6, 6.07) is 30.3. The van der Waals surface area contributed by atoms with E-state index < -0.39 is 11.4 Å². The maximum absolute atomic E-state index is 11.1. The van der Waals surface area contributed by atoms with E-state index in [9.17, 15) is 9.90 Å². The molecule has 4 saturated carbocycles. The number of carbonyl (C=O) groups is 1. The molecule has 45 heavy (non-hydrogen) atoms. The van der Waals surface area contributed by atoms with Crippen LogP contribution < -0.4 is 9.84 Å². The van der Waals surface area contributed by atoms with Gasteiger partial charge in [-0.2, -0.15) is 0 Å². The van der Waals surface area contributed by atoms with Crippen molar-refractivity contribution in [3.05, 3.63) is 84.9 Å². The zero-order valence-corrected chi connectivity index (χ0v) is 28.3. The number of aliphatic carboxylic acids is 1. The smallest absolute Gasteiger partial charge is 0.166 e. The van der Waals surface area contributed by atoms with Crippen molar-refractivity contribution in [2.75, 3.05) is 6.61 Å². The van der Waals surface area contributed by atoms with Gasteiger partial charge in [0.2, 0.25) is 0 Å². The fourth-order valence-electron chi connectivity index (χ4n) is 8.33. The second kappa shape index (κ2) is 17.3. The number of carbonyl (C=O) groups excluding carboxylic acids is 1. The molecule has 0 aromatic heterocycles. The molecule has 0 N–H and O–H groups in total. The van der Waals surface area contributed by atoms with E-state index in [0.29, 0.717) is 17.8 Å². The maximum Gasteiger partial charge on any atom is 0.166 e. The molecule has 0 spiro atoms. The Labute approximate surface area is 275 Å². The predicted octanol–water partition coefficient (Wildman–Crippen LogP) is 10.0. The van der Waals surface area contributed by atoms with Gasteiger partial charge in [0, 0.05) is 11.4 Å². The molecule has 4 aliphatic rings. The number of rotatable bonds is 16. The van der Waals surface area contributed by atoms with Crippen molar-refractivity contribution < 1.29 is 14.6 Å². The largest absolute Gasteiger partial charge is 0.550 e. The maximum atomic E-state index is 11.1. The van der Waals surface area contributed by atoms with Crippen LogP contribution in [0.1, 0.15) is 110 Å². The van der Waals surface area contributed by atoms with E-state index in [2.05, 4.69) is 91.9 Å². The van der Waals surface area contributed by atoms with E-state index in [1.54, 1.807) is 0 Å². The second-order valence-corrected chi connectivity index (χ2v) is 15.9. The van der Waals surface area contributed by atoms with Crippen molar-refractivity contribution in [1.29, 1.82) is 0 Å². The number of hydrogen-bond acceptors (Lipinski definition) is 3. The molecule has 4 bridgehead atoms. The minimum atomic E-state index is -0.758. The Bertz CT molecular complexity index is 1200. The van der Waals surface area contributed by atoms with Crippen molar-refractivity contribution in [1.82, 2.24) is 0 Å². The minimum Gasteiger partial charge on any atom is -0.550 e. The molecule has 7 rings (SSSR count). The van der Waals surface area contributed by atoms with Crippen LogP contribution in [0.3, 0.4) is 0 Å². The third kappa shape index (κ3) is 9.64. The average molecular weight is 627 g/mol. The Balaban J connectivity index is 0.000000252. The number of carboxylic acids is 1. The predicted molar refractivity (Wildman–Crippen MR) is 184 cm³/mol. The van der Waals surface area contributed by atoms with E-state index in [1.165, 1.54) is 91.7 Å². The molecule has 0 atom stereocenters. The van der Waals surface area contributed by atoms with Crippen molar-refractivity contribution in [2.45, 2.75) is 124 Å². The Kier molecular flexibility index (Phi) is 12.9. The lowest BCUT2D eigenvalue weighted by molar-refractivity contribution is -0.327. The number of hydrogen-bond donors (Lipinski definition) is 0. The van der Waals surface area contributed by atoms with Gasteiger partial charge >= 0.3 is 0 Å². The molecule has 4 aliphatic carbocycles. The van der Waals surface area contributed by atoms with Gasteiger partial charge in [0.05, 0.1) is 17.5 Å². The van der Waals surface area contributed by atoms with Crippen molar-refractivity contribution in [3.8, 4) is 5.75 Å². The fraction of sp³-hybridized carbons (Fsp3) is 0.537. The normalized spacial score (nSPS) is 23.0. The molecule has 4 fully saturated rings. The summed E-state index contributed by atoms with van der Waals surface area (Å²) in [6.45, 7) is 3.10. The van der Waals surface area contributed by atoms with Gasteiger partial charge in [0.15, 0.2) is 14.7 Å². The van der Waals surface area contributed by atoms with Crippen molar-refractivity contribution in [3.63, 3.8) is 0 Å². The first-order chi connectivity index (χ1) is 22.1. The molecule has 3 aromatic carbocycles. The molecule has 0 saturated heterocycles. The van der Waals surface area contributed by atoms with Crippen LogP contribution in [0.4, 0.5) is 0 Å². The molecule has 0 amide bonds. The molecule has 3 aromatic rings. The van der Waals surface area contributed by atoms with Gasteiger partial charge in [-0.15, -0.1) is 0 Å². The summed E-state index contributed by atoms with van der Waals surface area (Å²) in [6.07, 6.45) is 20.2. The summed E-state index contributed by atoms with van der Waals surface area (Å²) < 4.78 is 6.03. The lowest BCUT2D eigenvalue weighted by Crippen LogP contribution is -2.54. The van der Waals surface area contributed by atoms with Crippen LogP contribution in [-0.2, 0) is 15.7 Å². The third-order valence-corrected chi connectivity index (χ3v) is 12.5. The fourth-order valence-corrected chi connectivity index (χ4v) is 10.4. The first-order valence-corrected chi connectivity index (χ1v) is 19.1. The van der Waals surface area contributed by atoms with Crippen molar-refractivity contribution in [2.24, 2.45) is 23.2 Å². The van der Waals surface area contributed by atoms with Crippen LogP contribution in [-0.4, -0.2) is 12.6 Å².